The number of aromatic nitrogens is 2. The first-order valence-electron chi connectivity index (χ1n) is 6.66. The fourth-order valence-corrected chi connectivity index (χ4v) is 2.43. The third kappa shape index (κ3) is 3.57. The molecule has 0 aliphatic carbocycles. The first-order chi connectivity index (χ1) is 9.60. The van der Waals surface area contributed by atoms with Crippen molar-refractivity contribution in [1.29, 1.82) is 0 Å². The topological polar surface area (TPSA) is 84.4 Å². The Hall–Kier alpha value is -1.89. The van der Waals surface area contributed by atoms with Crippen molar-refractivity contribution in [1.82, 2.24) is 14.5 Å². The summed E-state index contributed by atoms with van der Waals surface area (Å²) in [6.45, 7) is 2.41. The fraction of sp³-hybridized carbons (Fsp3) is 0.615. The number of aromatic amines is 1. The van der Waals surface area contributed by atoms with Gasteiger partial charge in [0.25, 0.3) is 5.56 Å². The van der Waals surface area contributed by atoms with Crippen LogP contribution in [0.2, 0.25) is 0 Å². The number of likely N-dealkylation sites (tertiary alicyclic amines) is 1. The molecule has 0 radical (unpaired) electrons. The number of ether oxygens (including phenoxy) is 1. The lowest BCUT2D eigenvalue weighted by atomic mass is 10.1. The van der Waals surface area contributed by atoms with Crippen molar-refractivity contribution in [2.75, 3.05) is 26.8 Å². The van der Waals surface area contributed by atoms with Crippen molar-refractivity contribution in [3.05, 3.63) is 33.1 Å². The SMILES string of the molecule is COC[C@@H]1CCN(C(=O)CCn2ccc(=O)[nH]c2=O)C1. The molecule has 7 nitrogen and oxygen atoms in total. The molecule has 0 saturated carbocycles. The van der Waals surface area contributed by atoms with Gasteiger partial charge in [-0.25, -0.2) is 4.79 Å². The number of carbonyl (C=O) groups is 1. The maximum atomic E-state index is 12.0. The second-order valence-electron chi connectivity index (χ2n) is 5.00. The zero-order chi connectivity index (χ0) is 14.5. The number of hydrogen-bond donors (Lipinski definition) is 1. The van der Waals surface area contributed by atoms with E-state index in [1.165, 1.54) is 16.8 Å². The molecule has 110 valence electrons. The van der Waals surface area contributed by atoms with Gasteiger partial charge in [0.05, 0.1) is 6.61 Å². The second kappa shape index (κ2) is 6.51. The predicted octanol–water partition coefficient (Wildman–Crippen LogP) is -0.578. The van der Waals surface area contributed by atoms with Crippen LogP contribution in [-0.4, -0.2) is 47.2 Å². The van der Waals surface area contributed by atoms with Crippen molar-refractivity contribution < 1.29 is 9.53 Å². The number of nitrogens with one attached hydrogen (secondary N) is 1. The average molecular weight is 281 g/mol. The van der Waals surface area contributed by atoms with Crippen molar-refractivity contribution in [2.24, 2.45) is 5.92 Å². The van der Waals surface area contributed by atoms with E-state index in [9.17, 15) is 14.4 Å². The quantitative estimate of drug-likeness (QED) is 0.782. The average Bonchev–Trinajstić information content (AvgIpc) is 2.86. The molecule has 0 bridgehead atoms. The number of methoxy groups -OCH3 is 1. The van der Waals surface area contributed by atoms with Gasteiger partial charge in [-0.2, -0.15) is 0 Å². The Morgan fingerprint density at radius 1 is 1.50 bits per heavy atom. The van der Waals surface area contributed by atoms with Gasteiger partial charge in [-0.1, -0.05) is 0 Å². The number of carbonyl (C=O) groups excluding carboxylic acids is 1. The van der Waals surface area contributed by atoms with E-state index in [-0.39, 0.29) is 18.9 Å². The van der Waals surface area contributed by atoms with Crippen molar-refractivity contribution in [3.8, 4) is 0 Å². The minimum absolute atomic E-state index is 0.0294. The highest BCUT2D eigenvalue weighted by atomic mass is 16.5. The van der Waals surface area contributed by atoms with E-state index in [1.54, 1.807) is 12.0 Å². The van der Waals surface area contributed by atoms with Crippen LogP contribution in [-0.2, 0) is 16.1 Å². The molecule has 2 heterocycles. The number of rotatable bonds is 5. The lowest BCUT2D eigenvalue weighted by Crippen LogP contribution is -2.33. The minimum atomic E-state index is -0.482. The number of hydrogen-bond acceptors (Lipinski definition) is 4. The summed E-state index contributed by atoms with van der Waals surface area (Å²) in [5.41, 5.74) is -0.913. The molecule has 1 aromatic heterocycles. The van der Waals surface area contributed by atoms with Crippen molar-refractivity contribution in [2.45, 2.75) is 19.4 Å². The summed E-state index contributed by atoms with van der Waals surface area (Å²) in [6.07, 6.45) is 2.62. The monoisotopic (exact) mass is 281 g/mol. The van der Waals surface area contributed by atoms with Crippen LogP contribution in [0.15, 0.2) is 21.9 Å². The summed E-state index contributed by atoms with van der Waals surface area (Å²) in [7, 11) is 1.66. The molecule has 1 aromatic rings. The van der Waals surface area contributed by atoms with Crippen LogP contribution in [0.25, 0.3) is 0 Å². The van der Waals surface area contributed by atoms with Gasteiger partial charge in [-0.05, 0) is 6.42 Å². The molecular weight excluding hydrogens is 262 g/mol. The van der Waals surface area contributed by atoms with E-state index in [4.69, 9.17) is 4.74 Å². The van der Waals surface area contributed by atoms with Crippen molar-refractivity contribution >= 4 is 5.91 Å². The fourth-order valence-electron chi connectivity index (χ4n) is 2.43. The summed E-state index contributed by atoms with van der Waals surface area (Å²) in [4.78, 5) is 38.4. The highest BCUT2D eigenvalue weighted by molar-refractivity contribution is 5.76. The summed E-state index contributed by atoms with van der Waals surface area (Å²) in [6, 6.07) is 1.27. The molecule has 1 atom stereocenters. The highest BCUT2D eigenvalue weighted by Crippen LogP contribution is 2.17. The lowest BCUT2D eigenvalue weighted by Gasteiger charge is -2.16. The molecule has 2 rings (SSSR count). The molecule has 0 unspecified atom stereocenters. The van der Waals surface area contributed by atoms with Crippen LogP contribution in [0.1, 0.15) is 12.8 Å². The lowest BCUT2D eigenvalue weighted by molar-refractivity contribution is -0.130. The molecule has 1 aliphatic rings. The van der Waals surface area contributed by atoms with Gasteiger partial charge in [-0.3, -0.25) is 14.6 Å². The van der Waals surface area contributed by atoms with E-state index < -0.39 is 11.2 Å². The smallest absolute Gasteiger partial charge is 0.328 e. The molecule has 20 heavy (non-hydrogen) atoms. The Morgan fingerprint density at radius 3 is 3.00 bits per heavy atom. The minimum Gasteiger partial charge on any atom is -0.384 e. The molecular formula is C13H19N3O4. The number of aryl methyl sites for hydroxylation is 1. The number of H-pyrrole nitrogens is 1. The van der Waals surface area contributed by atoms with E-state index in [2.05, 4.69) is 4.98 Å². The van der Waals surface area contributed by atoms with E-state index in [0.717, 1.165) is 13.0 Å². The van der Waals surface area contributed by atoms with Gasteiger partial charge >= 0.3 is 5.69 Å². The summed E-state index contributed by atoms with van der Waals surface area (Å²) in [5, 5.41) is 0. The molecule has 7 heteroatoms. The Bertz CT molecular complexity index is 577. The van der Waals surface area contributed by atoms with Gasteiger partial charge < -0.3 is 14.2 Å². The Morgan fingerprint density at radius 2 is 2.30 bits per heavy atom. The largest absolute Gasteiger partial charge is 0.384 e. The predicted molar refractivity (Wildman–Crippen MR) is 72.5 cm³/mol. The zero-order valence-electron chi connectivity index (χ0n) is 11.5. The molecule has 1 aliphatic heterocycles. The normalized spacial score (nSPS) is 18.4. The number of amides is 1. The maximum absolute atomic E-state index is 12.0. The summed E-state index contributed by atoms with van der Waals surface area (Å²) < 4.78 is 6.43. The van der Waals surface area contributed by atoms with Crippen LogP contribution >= 0.6 is 0 Å². The van der Waals surface area contributed by atoms with Gasteiger partial charge in [0.1, 0.15) is 0 Å². The van der Waals surface area contributed by atoms with Crippen LogP contribution in [0.4, 0.5) is 0 Å². The van der Waals surface area contributed by atoms with Gasteiger partial charge in [-0.15, -0.1) is 0 Å². The molecule has 1 fully saturated rings. The van der Waals surface area contributed by atoms with E-state index in [1.807, 2.05) is 0 Å². The van der Waals surface area contributed by atoms with Crippen LogP contribution in [0, 0.1) is 5.92 Å². The van der Waals surface area contributed by atoms with Gasteiger partial charge in [0.15, 0.2) is 0 Å². The standard InChI is InChI=1S/C13H19N3O4/c1-20-9-10-2-5-16(8-10)12(18)4-7-15-6-3-11(17)14-13(15)19/h3,6,10H,2,4-5,7-9H2,1H3,(H,14,17,19)/t10-/m1/s1. The molecule has 0 spiro atoms. The first kappa shape index (κ1) is 14.5. The van der Waals surface area contributed by atoms with Crippen molar-refractivity contribution in [3.63, 3.8) is 0 Å². The van der Waals surface area contributed by atoms with Crippen LogP contribution < -0.4 is 11.2 Å². The Balaban J connectivity index is 1.86. The summed E-state index contributed by atoms with van der Waals surface area (Å²) >= 11 is 0. The Labute approximate surface area is 116 Å². The van der Waals surface area contributed by atoms with E-state index >= 15 is 0 Å². The highest BCUT2D eigenvalue weighted by Gasteiger charge is 2.25. The number of nitrogens with zero attached hydrogens (tertiary/aromatic N) is 2. The van der Waals surface area contributed by atoms with Gasteiger partial charge in [0, 0.05) is 51.3 Å². The third-order valence-electron chi connectivity index (χ3n) is 3.50. The van der Waals surface area contributed by atoms with Gasteiger partial charge in [0.2, 0.25) is 5.91 Å². The Kier molecular flexibility index (Phi) is 4.73. The molecule has 1 N–H and O–H groups in total. The third-order valence-corrected chi connectivity index (χ3v) is 3.50. The second-order valence-corrected chi connectivity index (χ2v) is 5.00. The zero-order valence-corrected chi connectivity index (χ0v) is 11.5. The molecule has 1 saturated heterocycles. The van der Waals surface area contributed by atoms with Crippen LogP contribution in [0.3, 0.4) is 0 Å². The maximum Gasteiger partial charge on any atom is 0.328 e. The van der Waals surface area contributed by atoms with E-state index in [0.29, 0.717) is 19.1 Å². The van der Waals surface area contributed by atoms with Crippen LogP contribution in [0.5, 0.6) is 0 Å². The first-order valence-corrected chi connectivity index (χ1v) is 6.66. The summed E-state index contributed by atoms with van der Waals surface area (Å²) in [5.74, 6) is 0.432. The molecule has 0 aromatic carbocycles. The molecule has 1 amide bonds.